The Kier molecular flexibility index (Phi) is 15.7. The molecule has 0 aliphatic carbocycles. The van der Waals surface area contributed by atoms with E-state index < -0.39 is 17.1 Å². The number of hydrogen-bond donors (Lipinski definition) is 4. The van der Waals surface area contributed by atoms with Gasteiger partial charge in [0.05, 0.1) is 29.4 Å². The number of amides is 1. The summed E-state index contributed by atoms with van der Waals surface area (Å²) in [6, 6.07) is 2.37. The lowest BCUT2D eigenvalue weighted by molar-refractivity contribution is -0.383. The number of allylic oxidation sites excluding steroid dienone is 1. The molecule has 1 amide bonds. The van der Waals surface area contributed by atoms with E-state index in [1.807, 2.05) is 6.08 Å². The summed E-state index contributed by atoms with van der Waals surface area (Å²) in [6.07, 6.45) is 17.0. The van der Waals surface area contributed by atoms with Gasteiger partial charge in [0.15, 0.2) is 5.52 Å². The predicted octanol–water partition coefficient (Wildman–Crippen LogP) is 5.42. The third kappa shape index (κ3) is 12.1. The Morgan fingerprint density at radius 2 is 1.69 bits per heavy atom. The molecule has 0 saturated heterocycles. The number of unbranched alkanes of at least 4 members (excludes halogenated alkanes) is 11. The standard InChI is InChI=1S/C28H45N5O6/c1-2-3-4-10-14-17-26(36)30-23(21-34)25(35)16-13-11-8-6-5-7-9-12-15-20-29-22-18-19-24(33(37)38)28-27(22)31-39-32-28/h13,16,18-19,23,25,29,34-35H,2-12,14-15,17,20-21H2,1H3,(H,30,36)/t23-,25+/m0/s1. The van der Waals surface area contributed by atoms with Gasteiger partial charge in [0.1, 0.15) is 0 Å². The first-order valence-electron chi connectivity index (χ1n) is 14.4. The summed E-state index contributed by atoms with van der Waals surface area (Å²) in [5.74, 6) is -0.121. The zero-order valence-electron chi connectivity index (χ0n) is 23.1. The highest BCUT2D eigenvalue weighted by Gasteiger charge is 2.19. The van der Waals surface area contributed by atoms with Crippen molar-refractivity contribution in [3.8, 4) is 0 Å². The van der Waals surface area contributed by atoms with E-state index in [0.29, 0.717) is 17.6 Å². The average molecular weight is 548 g/mol. The van der Waals surface area contributed by atoms with Gasteiger partial charge in [-0.05, 0) is 42.1 Å². The number of carbonyl (C=O) groups excluding carboxylic acids is 1. The van der Waals surface area contributed by atoms with Crippen LogP contribution in [0.2, 0.25) is 0 Å². The Hall–Kier alpha value is -3.05. The van der Waals surface area contributed by atoms with Crippen LogP contribution in [-0.4, -0.2) is 56.7 Å². The van der Waals surface area contributed by atoms with Crippen molar-refractivity contribution in [3.63, 3.8) is 0 Å². The molecule has 0 unspecified atom stereocenters. The van der Waals surface area contributed by atoms with Gasteiger partial charge >= 0.3 is 5.69 Å². The maximum absolute atomic E-state index is 12.1. The number of aliphatic hydroxyl groups is 2. The molecule has 11 heteroatoms. The van der Waals surface area contributed by atoms with E-state index in [4.69, 9.17) is 0 Å². The van der Waals surface area contributed by atoms with E-state index in [2.05, 4.69) is 32.5 Å². The Morgan fingerprint density at radius 3 is 2.41 bits per heavy atom. The molecule has 1 aromatic carbocycles. The van der Waals surface area contributed by atoms with Crippen LogP contribution in [-0.2, 0) is 4.79 Å². The molecular formula is C28H45N5O6. The van der Waals surface area contributed by atoms with E-state index in [-0.39, 0.29) is 23.7 Å². The van der Waals surface area contributed by atoms with Crippen LogP contribution in [0.25, 0.3) is 11.0 Å². The minimum atomic E-state index is -0.893. The summed E-state index contributed by atoms with van der Waals surface area (Å²) in [7, 11) is 0. The molecule has 2 atom stereocenters. The SMILES string of the molecule is CCCCCCCC(=O)N[C@@H](CO)[C@H](O)C=CCCCCCCCCCNc1ccc([N+](=O)[O-])c2nonc12. The maximum Gasteiger partial charge on any atom is 0.300 e. The average Bonchev–Trinajstić information content (AvgIpc) is 3.42. The Labute approximate surface area is 230 Å². The summed E-state index contributed by atoms with van der Waals surface area (Å²) in [5.41, 5.74) is 1.08. The molecule has 2 aromatic rings. The lowest BCUT2D eigenvalue weighted by atomic mass is 10.1. The molecule has 1 aromatic heterocycles. The first-order valence-corrected chi connectivity index (χ1v) is 14.4. The van der Waals surface area contributed by atoms with Gasteiger partial charge in [-0.1, -0.05) is 76.9 Å². The van der Waals surface area contributed by atoms with Gasteiger partial charge in [0, 0.05) is 19.0 Å². The van der Waals surface area contributed by atoms with E-state index in [9.17, 15) is 25.1 Å². The topological polar surface area (TPSA) is 164 Å². The Morgan fingerprint density at radius 1 is 1.03 bits per heavy atom. The van der Waals surface area contributed by atoms with Crippen molar-refractivity contribution in [2.24, 2.45) is 0 Å². The number of anilines is 1. The third-order valence-electron chi connectivity index (χ3n) is 6.75. The van der Waals surface area contributed by atoms with E-state index >= 15 is 0 Å². The molecule has 0 saturated carbocycles. The summed E-state index contributed by atoms with van der Waals surface area (Å²) in [5, 5.41) is 44.3. The Balaban J connectivity index is 1.49. The number of benzene rings is 1. The molecule has 39 heavy (non-hydrogen) atoms. The van der Waals surface area contributed by atoms with Crippen molar-refractivity contribution in [1.82, 2.24) is 15.6 Å². The van der Waals surface area contributed by atoms with Crippen molar-refractivity contribution < 1.29 is 24.6 Å². The fourth-order valence-corrected chi connectivity index (χ4v) is 4.41. The first-order chi connectivity index (χ1) is 19.0. The van der Waals surface area contributed by atoms with Crippen LogP contribution in [0.15, 0.2) is 28.9 Å². The van der Waals surface area contributed by atoms with Crippen molar-refractivity contribution in [3.05, 3.63) is 34.4 Å². The monoisotopic (exact) mass is 547 g/mol. The summed E-state index contributed by atoms with van der Waals surface area (Å²) >= 11 is 0. The number of aromatic nitrogens is 2. The molecule has 0 bridgehead atoms. The van der Waals surface area contributed by atoms with Gasteiger partial charge in [-0.15, -0.1) is 0 Å². The molecule has 0 aliphatic heterocycles. The maximum atomic E-state index is 12.1. The van der Waals surface area contributed by atoms with Crippen LogP contribution in [0.1, 0.15) is 96.8 Å². The van der Waals surface area contributed by atoms with Crippen LogP contribution in [0.5, 0.6) is 0 Å². The quantitative estimate of drug-likeness (QED) is 0.0652. The number of nitro groups is 1. The lowest BCUT2D eigenvalue weighted by Gasteiger charge is -2.20. The fourth-order valence-electron chi connectivity index (χ4n) is 4.41. The van der Waals surface area contributed by atoms with Crippen molar-refractivity contribution in [2.75, 3.05) is 18.5 Å². The molecule has 2 rings (SSSR count). The van der Waals surface area contributed by atoms with Crippen molar-refractivity contribution in [2.45, 2.75) is 109 Å². The fraction of sp³-hybridized carbons (Fsp3) is 0.679. The smallest absolute Gasteiger partial charge is 0.300 e. The third-order valence-corrected chi connectivity index (χ3v) is 6.75. The highest BCUT2D eigenvalue weighted by molar-refractivity contribution is 5.93. The highest BCUT2D eigenvalue weighted by atomic mass is 16.6. The van der Waals surface area contributed by atoms with Gasteiger partial charge in [-0.3, -0.25) is 14.9 Å². The van der Waals surface area contributed by atoms with E-state index in [1.54, 1.807) is 12.1 Å². The van der Waals surface area contributed by atoms with Gasteiger partial charge in [-0.2, -0.15) is 0 Å². The number of nitro benzene ring substituents is 1. The summed E-state index contributed by atoms with van der Waals surface area (Å²) < 4.78 is 4.68. The molecule has 11 nitrogen and oxygen atoms in total. The minimum absolute atomic E-state index is 0.120. The molecule has 4 N–H and O–H groups in total. The van der Waals surface area contributed by atoms with Crippen LogP contribution >= 0.6 is 0 Å². The van der Waals surface area contributed by atoms with Gasteiger partial charge in [0.2, 0.25) is 11.4 Å². The molecule has 0 spiro atoms. The normalized spacial score (nSPS) is 13.1. The van der Waals surface area contributed by atoms with Gasteiger partial charge < -0.3 is 20.8 Å². The lowest BCUT2D eigenvalue weighted by Crippen LogP contribution is -2.45. The first kappa shape index (κ1) is 32.2. The molecular weight excluding hydrogens is 502 g/mol. The molecule has 218 valence electrons. The molecule has 0 aliphatic rings. The Bertz CT molecular complexity index is 1010. The van der Waals surface area contributed by atoms with Crippen LogP contribution in [0, 0.1) is 10.1 Å². The number of non-ortho nitro benzene ring substituents is 1. The van der Waals surface area contributed by atoms with Crippen molar-refractivity contribution in [1.29, 1.82) is 0 Å². The number of hydrogen-bond acceptors (Lipinski definition) is 9. The van der Waals surface area contributed by atoms with E-state index in [0.717, 1.165) is 83.6 Å². The number of carbonyl (C=O) groups is 1. The zero-order chi connectivity index (χ0) is 28.3. The second kappa shape index (κ2) is 19.1. The van der Waals surface area contributed by atoms with Gasteiger partial charge in [-0.25, -0.2) is 4.63 Å². The van der Waals surface area contributed by atoms with Crippen molar-refractivity contribution >= 4 is 28.3 Å². The number of rotatable bonds is 22. The second-order valence-electron chi connectivity index (χ2n) is 9.98. The number of fused-ring (bicyclic) bond motifs is 1. The predicted molar refractivity (Wildman–Crippen MR) is 151 cm³/mol. The molecule has 0 radical (unpaired) electrons. The number of nitrogens with one attached hydrogen (secondary N) is 2. The molecule has 0 fully saturated rings. The van der Waals surface area contributed by atoms with Crippen LogP contribution < -0.4 is 10.6 Å². The highest BCUT2D eigenvalue weighted by Crippen LogP contribution is 2.28. The summed E-state index contributed by atoms with van der Waals surface area (Å²) in [4.78, 5) is 22.6. The second-order valence-corrected chi connectivity index (χ2v) is 9.98. The van der Waals surface area contributed by atoms with Crippen LogP contribution in [0.3, 0.4) is 0 Å². The van der Waals surface area contributed by atoms with Gasteiger partial charge in [0.25, 0.3) is 0 Å². The minimum Gasteiger partial charge on any atom is -0.394 e. The number of aliphatic hydroxyl groups excluding tert-OH is 2. The van der Waals surface area contributed by atoms with E-state index in [1.165, 1.54) is 12.5 Å². The largest absolute Gasteiger partial charge is 0.394 e. The summed E-state index contributed by atoms with van der Waals surface area (Å²) in [6.45, 7) is 2.60. The number of nitrogens with zero attached hydrogens (tertiary/aromatic N) is 3. The zero-order valence-corrected chi connectivity index (χ0v) is 23.1. The molecule has 1 heterocycles. The van der Waals surface area contributed by atoms with Crippen LogP contribution in [0.4, 0.5) is 11.4 Å².